The summed E-state index contributed by atoms with van der Waals surface area (Å²) >= 11 is 0. The molecule has 0 unspecified atom stereocenters. The van der Waals surface area contributed by atoms with Crippen molar-refractivity contribution in [1.82, 2.24) is 0 Å². The van der Waals surface area contributed by atoms with Crippen LogP contribution < -0.4 is 10.2 Å². The van der Waals surface area contributed by atoms with Crippen LogP contribution >= 0.6 is 0 Å². The highest BCUT2D eigenvalue weighted by Gasteiger charge is 2.52. The fourth-order valence-corrected chi connectivity index (χ4v) is 2.69. The molecule has 128 valence electrons. The monoisotopic (exact) mass is 335 g/mol. The van der Waals surface area contributed by atoms with Crippen LogP contribution in [0.3, 0.4) is 0 Å². The van der Waals surface area contributed by atoms with Gasteiger partial charge in [0.1, 0.15) is 12.4 Å². The molecule has 1 aliphatic heterocycles. The van der Waals surface area contributed by atoms with Crippen molar-refractivity contribution in [1.29, 1.82) is 5.26 Å². The first kappa shape index (κ1) is 17.5. The summed E-state index contributed by atoms with van der Waals surface area (Å²) < 4.78 is 18.3. The number of nitriles is 1. The Hall–Kier alpha value is -2.29. The number of para-hydroxylation sites is 1. The fourth-order valence-electron chi connectivity index (χ4n) is 2.69. The Morgan fingerprint density at radius 1 is 0.960 bits per heavy atom. The largest absolute Gasteiger partial charge is 0.498 e. The topological polar surface area (TPSA) is 51.5 Å². The van der Waals surface area contributed by atoms with Crippen LogP contribution in [0.25, 0.3) is 0 Å². The zero-order valence-corrected chi connectivity index (χ0v) is 15.1. The highest BCUT2D eigenvalue weighted by Crippen LogP contribution is 2.37. The molecule has 0 aliphatic carbocycles. The summed E-state index contributed by atoms with van der Waals surface area (Å²) in [6, 6.07) is 17.3. The van der Waals surface area contributed by atoms with Gasteiger partial charge in [-0.1, -0.05) is 36.4 Å². The van der Waals surface area contributed by atoms with Crippen LogP contribution in [0.5, 0.6) is 5.75 Å². The third-order valence-electron chi connectivity index (χ3n) is 4.95. The summed E-state index contributed by atoms with van der Waals surface area (Å²) in [7, 11) is -0.479. The zero-order valence-electron chi connectivity index (χ0n) is 15.1. The Morgan fingerprint density at radius 3 is 2.24 bits per heavy atom. The number of hydrogen-bond donors (Lipinski definition) is 0. The van der Waals surface area contributed by atoms with Crippen LogP contribution in [0.2, 0.25) is 0 Å². The second-order valence-corrected chi connectivity index (χ2v) is 7.18. The van der Waals surface area contributed by atoms with Crippen molar-refractivity contribution in [2.75, 3.05) is 0 Å². The molecule has 0 bridgehead atoms. The number of rotatable bonds is 4. The molecular formula is C20H22BNO3. The van der Waals surface area contributed by atoms with E-state index in [2.05, 4.69) is 6.07 Å². The molecule has 25 heavy (non-hydrogen) atoms. The Balaban J connectivity index is 1.82. The number of hydrogen-bond acceptors (Lipinski definition) is 4. The lowest BCUT2D eigenvalue weighted by molar-refractivity contribution is 0.00578. The van der Waals surface area contributed by atoms with Crippen LogP contribution in [0.4, 0.5) is 0 Å². The number of benzene rings is 2. The van der Waals surface area contributed by atoms with Crippen molar-refractivity contribution in [3.8, 4) is 11.8 Å². The second-order valence-electron chi connectivity index (χ2n) is 7.18. The maximum atomic E-state index is 9.21. The van der Waals surface area contributed by atoms with Gasteiger partial charge in [0, 0.05) is 11.0 Å². The molecule has 0 spiro atoms. The Bertz CT molecular complexity index is 795. The summed E-state index contributed by atoms with van der Waals surface area (Å²) in [5.74, 6) is 0.703. The fraction of sp³-hybridized carbons (Fsp3) is 0.350. The van der Waals surface area contributed by atoms with Crippen LogP contribution in [0, 0.1) is 11.3 Å². The van der Waals surface area contributed by atoms with Crippen LogP contribution in [0.1, 0.15) is 38.8 Å². The normalized spacial score (nSPS) is 18.0. The minimum atomic E-state index is -0.479. The highest BCUT2D eigenvalue weighted by molar-refractivity contribution is 6.63. The van der Waals surface area contributed by atoms with Crippen molar-refractivity contribution in [3.63, 3.8) is 0 Å². The van der Waals surface area contributed by atoms with Gasteiger partial charge in [-0.05, 0) is 39.8 Å². The van der Waals surface area contributed by atoms with Gasteiger partial charge in [-0.15, -0.1) is 0 Å². The van der Waals surface area contributed by atoms with E-state index in [0.717, 1.165) is 11.0 Å². The van der Waals surface area contributed by atoms with E-state index in [-0.39, 0.29) is 0 Å². The molecule has 0 amide bonds. The first-order valence-corrected chi connectivity index (χ1v) is 8.39. The molecule has 2 aromatic carbocycles. The molecule has 2 aromatic rings. The second kappa shape index (κ2) is 6.55. The van der Waals surface area contributed by atoms with Gasteiger partial charge in [-0.3, -0.25) is 0 Å². The molecule has 1 heterocycles. The molecule has 4 nitrogen and oxygen atoms in total. The molecule has 1 aliphatic rings. The number of ether oxygens (including phenoxy) is 1. The van der Waals surface area contributed by atoms with E-state index in [1.807, 2.05) is 70.2 Å². The molecule has 0 saturated carbocycles. The highest BCUT2D eigenvalue weighted by atomic mass is 16.7. The van der Waals surface area contributed by atoms with Gasteiger partial charge in [0.25, 0.3) is 0 Å². The Morgan fingerprint density at radius 2 is 1.56 bits per heavy atom. The minimum Gasteiger partial charge on any atom is -0.489 e. The average molecular weight is 335 g/mol. The van der Waals surface area contributed by atoms with Crippen molar-refractivity contribution in [2.24, 2.45) is 0 Å². The van der Waals surface area contributed by atoms with Gasteiger partial charge < -0.3 is 14.0 Å². The summed E-state index contributed by atoms with van der Waals surface area (Å²) in [4.78, 5) is 0. The molecule has 0 N–H and O–H groups in total. The molecule has 3 rings (SSSR count). The van der Waals surface area contributed by atoms with Crippen LogP contribution in [0.15, 0.2) is 48.5 Å². The van der Waals surface area contributed by atoms with E-state index in [4.69, 9.17) is 14.0 Å². The van der Waals surface area contributed by atoms with Gasteiger partial charge in [-0.2, -0.15) is 5.26 Å². The van der Waals surface area contributed by atoms with E-state index >= 15 is 0 Å². The van der Waals surface area contributed by atoms with Gasteiger partial charge >= 0.3 is 7.12 Å². The number of nitrogens with zero attached hydrogens (tertiary/aromatic N) is 1. The molecule has 0 aromatic heterocycles. The average Bonchev–Trinajstić information content (AvgIpc) is 2.81. The summed E-state index contributed by atoms with van der Waals surface area (Å²) in [6.07, 6.45) is 0. The summed E-state index contributed by atoms with van der Waals surface area (Å²) in [6.45, 7) is 8.43. The van der Waals surface area contributed by atoms with Gasteiger partial charge in [-0.25, -0.2) is 0 Å². The van der Waals surface area contributed by atoms with Crippen LogP contribution in [-0.2, 0) is 15.9 Å². The summed E-state index contributed by atoms with van der Waals surface area (Å²) in [5.41, 5.74) is 1.52. The Labute approximate surface area is 149 Å². The first-order valence-electron chi connectivity index (χ1n) is 8.39. The van der Waals surface area contributed by atoms with Gasteiger partial charge in [0.2, 0.25) is 0 Å². The first-order chi connectivity index (χ1) is 11.8. The van der Waals surface area contributed by atoms with E-state index < -0.39 is 18.3 Å². The molecule has 1 fully saturated rings. The molecule has 5 heteroatoms. The smallest absolute Gasteiger partial charge is 0.489 e. The van der Waals surface area contributed by atoms with Crippen molar-refractivity contribution in [3.05, 3.63) is 59.7 Å². The van der Waals surface area contributed by atoms with Gasteiger partial charge in [0.05, 0.1) is 22.8 Å². The zero-order chi connectivity index (χ0) is 18.1. The van der Waals surface area contributed by atoms with Crippen molar-refractivity contribution in [2.45, 2.75) is 45.5 Å². The molecular weight excluding hydrogens is 313 g/mol. The molecule has 0 atom stereocenters. The molecule has 1 saturated heterocycles. The predicted molar refractivity (Wildman–Crippen MR) is 97.6 cm³/mol. The van der Waals surface area contributed by atoms with Gasteiger partial charge in [0.15, 0.2) is 0 Å². The van der Waals surface area contributed by atoms with Crippen molar-refractivity contribution >= 4 is 12.6 Å². The lowest BCUT2D eigenvalue weighted by atomic mass is 9.78. The maximum absolute atomic E-state index is 9.21. The van der Waals surface area contributed by atoms with E-state index in [0.29, 0.717) is 17.9 Å². The third-order valence-corrected chi connectivity index (χ3v) is 4.95. The van der Waals surface area contributed by atoms with Crippen molar-refractivity contribution < 1.29 is 14.0 Å². The standard InChI is InChI=1S/C20H22BNO3/c1-19(2)20(3,4)25-21(24-19)17-11-7-8-12-18(17)23-14-16-10-6-5-9-15(16)13-22/h5-12H,14H2,1-4H3. The summed E-state index contributed by atoms with van der Waals surface area (Å²) in [5, 5.41) is 9.21. The third kappa shape index (κ3) is 3.41. The lowest BCUT2D eigenvalue weighted by Crippen LogP contribution is -2.41. The minimum absolute atomic E-state index is 0.320. The quantitative estimate of drug-likeness (QED) is 0.803. The maximum Gasteiger partial charge on any atom is 0.498 e. The van der Waals surface area contributed by atoms with E-state index in [9.17, 15) is 5.26 Å². The lowest BCUT2D eigenvalue weighted by Gasteiger charge is -2.32. The molecule has 0 radical (unpaired) electrons. The predicted octanol–water partition coefficient (Wildman–Crippen LogP) is 3.44. The van der Waals surface area contributed by atoms with E-state index in [1.165, 1.54) is 0 Å². The van der Waals surface area contributed by atoms with E-state index in [1.54, 1.807) is 6.07 Å². The Kier molecular flexibility index (Phi) is 4.59. The van der Waals surface area contributed by atoms with Crippen LogP contribution in [-0.4, -0.2) is 18.3 Å². The SMILES string of the molecule is CC1(C)OB(c2ccccc2OCc2ccccc2C#N)OC1(C)C.